The Morgan fingerprint density at radius 3 is 2.86 bits per heavy atom. The maximum absolute atomic E-state index is 5.63. The molecule has 3 aromatic rings. The van der Waals surface area contributed by atoms with Gasteiger partial charge in [0.05, 0.1) is 17.1 Å². The maximum atomic E-state index is 5.63. The number of hydrogen-bond donors (Lipinski definition) is 0. The lowest BCUT2D eigenvalue weighted by Gasteiger charge is -1.97. The largest absolute Gasteiger partial charge is 0.416 e. The van der Waals surface area contributed by atoms with Gasteiger partial charge in [-0.3, -0.25) is 4.98 Å². The molecule has 0 fully saturated rings. The van der Waals surface area contributed by atoms with Crippen LogP contribution in [-0.4, -0.2) is 25.9 Å². The molecular formula is C14H14N4OS2. The second kappa shape index (κ2) is 6.82. The topological polar surface area (TPSA) is 64.7 Å². The molecule has 0 unspecified atom stereocenters. The van der Waals surface area contributed by atoms with Crippen molar-refractivity contribution in [3.8, 4) is 0 Å². The third kappa shape index (κ3) is 4.12. The van der Waals surface area contributed by atoms with Crippen LogP contribution in [0.4, 0.5) is 0 Å². The van der Waals surface area contributed by atoms with Gasteiger partial charge in [-0.2, -0.15) is 0 Å². The van der Waals surface area contributed by atoms with Crippen LogP contribution in [-0.2, 0) is 12.8 Å². The van der Waals surface area contributed by atoms with Crippen molar-refractivity contribution in [2.45, 2.75) is 25.0 Å². The molecule has 0 radical (unpaired) electrons. The summed E-state index contributed by atoms with van der Waals surface area (Å²) in [7, 11) is 0. The van der Waals surface area contributed by atoms with Crippen molar-refractivity contribution in [2.75, 3.05) is 5.75 Å². The molecule has 108 valence electrons. The SMILES string of the molecule is Cc1nc(Cc2nnc(SCCc3ccncc3)o2)cs1. The van der Waals surface area contributed by atoms with Crippen molar-refractivity contribution in [1.82, 2.24) is 20.2 Å². The minimum Gasteiger partial charge on any atom is -0.416 e. The second-order valence-electron chi connectivity index (χ2n) is 4.45. The third-order valence-corrected chi connectivity index (χ3v) is 4.46. The van der Waals surface area contributed by atoms with Crippen molar-refractivity contribution >= 4 is 23.1 Å². The van der Waals surface area contributed by atoms with Gasteiger partial charge in [0.2, 0.25) is 5.89 Å². The fourth-order valence-electron chi connectivity index (χ4n) is 1.82. The third-order valence-electron chi connectivity index (χ3n) is 2.81. The first kappa shape index (κ1) is 14.2. The second-order valence-corrected chi connectivity index (χ2v) is 6.56. The van der Waals surface area contributed by atoms with Crippen LogP contribution in [0.1, 0.15) is 22.2 Å². The lowest BCUT2D eigenvalue weighted by atomic mass is 10.2. The Morgan fingerprint density at radius 1 is 1.24 bits per heavy atom. The van der Waals surface area contributed by atoms with Crippen molar-refractivity contribution in [3.05, 3.63) is 52.1 Å². The molecule has 0 aliphatic carbocycles. The van der Waals surface area contributed by atoms with Crippen molar-refractivity contribution in [2.24, 2.45) is 0 Å². The summed E-state index contributed by atoms with van der Waals surface area (Å²) in [4.78, 5) is 8.40. The lowest BCUT2D eigenvalue weighted by Crippen LogP contribution is -1.88. The molecule has 0 aliphatic rings. The number of pyridine rings is 1. The quantitative estimate of drug-likeness (QED) is 0.651. The summed E-state index contributed by atoms with van der Waals surface area (Å²) in [6.07, 6.45) is 5.17. The monoisotopic (exact) mass is 318 g/mol. The molecule has 0 saturated heterocycles. The van der Waals surface area contributed by atoms with Gasteiger partial charge >= 0.3 is 0 Å². The summed E-state index contributed by atoms with van der Waals surface area (Å²) in [6.45, 7) is 1.99. The molecular weight excluding hydrogens is 304 g/mol. The fraction of sp³-hybridized carbons (Fsp3) is 0.286. The van der Waals surface area contributed by atoms with E-state index in [9.17, 15) is 0 Å². The first-order valence-corrected chi connectivity index (χ1v) is 8.41. The Labute approximate surface area is 130 Å². The van der Waals surface area contributed by atoms with Gasteiger partial charge in [0.1, 0.15) is 0 Å². The van der Waals surface area contributed by atoms with Gasteiger partial charge in [0, 0.05) is 23.5 Å². The molecule has 3 aromatic heterocycles. The minimum atomic E-state index is 0.599. The van der Waals surface area contributed by atoms with E-state index in [1.165, 1.54) is 5.56 Å². The standard InChI is InChI=1S/C14H14N4OS2/c1-10-16-12(9-21-10)8-13-17-18-14(19-13)20-7-4-11-2-5-15-6-3-11/h2-3,5-6,9H,4,7-8H2,1H3. The smallest absolute Gasteiger partial charge is 0.276 e. The van der Waals surface area contributed by atoms with E-state index in [1.807, 2.05) is 24.4 Å². The van der Waals surface area contributed by atoms with E-state index in [1.54, 1.807) is 35.5 Å². The molecule has 3 rings (SSSR count). The van der Waals surface area contributed by atoms with Gasteiger partial charge < -0.3 is 4.42 Å². The molecule has 3 heterocycles. The Morgan fingerprint density at radius 2 is 2.10 bits per heavy atom. The van der Waals surface area contributed by atoms with Crippen LogP contribution in [0, 0.1) is 6.92 Å². The van der Waals surface area contributed by atoms with E-state index >= 15 is 0 Å². The predicted molar refractivity (Wildman–Crippen MR) is 82.6 cm³/mol. The molecule has 0 N–H and O–H groups in total. The van der Waals surface area contributed by atoms with Crippen LogP contribution < -0.4 is 0 Å². The number of nitrogens with zero attached hydrogens (tertiary/aromatic N) is 4. The maximum Gasteiger partial charge on any atom is 0.276 e. The van der Waals surface area contributed by atoms with Crippen LogP contribution in [0.3, 0.4) is 0 Å². The number of aromatic nitrogens is 4. The van der Waals surface area contributed by atoms with Gasteiger partial charge in [0.15, 0.2) is 0 Å². The average molecular weight is 318 g/mol. The Bertz CT molecular complexity index is 696. The Balaban J connectivity index is 1.51. The Hall–Kier alpha value is -1.73. The van der Waals surface area contributed by atoms with E-state index in [0.29, 0.717) is 17.5 Å². The zero-order valence-electron chi connectivity index (χ0n) is 11.5. The van der Waals surface area contributed by atoms with Crippen LogP contribution in [0.25, 0.3) is 0 Å². The fourth-order valence-corrected chi connectivity index (χ4v) is 3.20. The molecule has 21 heavy (non-hydrogen) atoms. The molecule has 0 saturated carbocycles. The number of thiazole rings is 1. The van der Waals surface area contributed by atoms with Crippen LogP contribution >= 0.6 is 23.1 Å². The van der Waals surface area contributed by atoms with Crippen molar-refractivity contribution in [3.63, 3.8) is 0 Å². The highest BCUT2D eigenvalue weighted by Crippen LogP contribution is 2.19. The van der Waals surface area contributed by atoms with Crippen molar-refractivity contribution < 1.29 is 4.42 Å². The van der Waals surface area contributed by atoms with Crippen molar-refractivity contribution in [1.29, 1.82) is 0 Å². The molecule has 0 amide bonds. The van der Waals surface area contributed by atoms with E-state index < -0.39 is 0 Å². The van der Waals surface area contributed by atoms with Gasteiger partial charge in [0.25, 0.3) is 5.22 Å². The van der Waals surface area contributed by atoms with Crippen LogP contribution in [0.15, 0.2) is 39.5 Å². The number of aryl methyl sites for hydroxylation is 2. The highest BCUT2D eigenvalue weighted by atomic mass is 32.2. The number of rotatable bonds is 6. The highest BCUT2D eigenvalue weighted by Gasteiger charge is 2.09. The van der Waals surface area contributed by atoms with Crippen LogP contribution in [0.2, 0.25) is 0 Å². The molecule has 0 bridgehead atoms. The van der Waals surface area contributed by atoms with Crippen LogP contribution in [0.5, 0.6) is 0 Å². The van der Waals surface area contributed by atoms with Gasteiger partial charge in [-0.15, -0.1) is 21.5 Å². The molecule has 7 heteroatoms. The molecule has 0 atom stereocenters. The van der Waals surface area contributed by atoms with Gasteiger partial charge in [-0.25, -0.2) is 4.98 Å². The highest BCUT2D eigenvalue weighted by molar-refractivity contribution is 7.99. The molecule has 5 nitrogen and oxygen atoms in total. The normalized spacial score (nSPS) is 10.9. The molecule has 0 spiro atoms. The summed E-state index contributed by atoms with van der Waals surface area (Å²) >= 11 is 3.20. The van der Waals surface area contributed by atoms with Gasteiger partial charge in [-0.1, -0.05) is 11.8 Å². The van der Waals surface area contributed by atoms with E-state index in [4.69, 9.17) is 4.42 Å². The van der Waals surface area contributed by atoms with E-state index in [0.717, 1.165) is 22.9 Å². The van der Waals surface area contributed by atoms with E-state index in [2.05, 4.69) is 20.2 Å². The summed E-state index contributed by atoms with van der Waals surface area (Å²) in [5.74, 6) is 1.52. The zero-order valence-corrected chi connectivity index (χ0v) is 13.2. The Kier molecular flexibility index (Phi) is 4.62. The van der Waals surface area contributed by atoms with Gasteiger partial charge in [-0.05, 0) is 31.0 Å². The number of thioether (sulfide) groups is 1. The lowest BCUT2D eigenvalue weighted by molar-refractivity contribution is 0.419. The predicted octanol–water partition coefficient (Wildman–Crippen LogP) is 3.16. The summed E-state index contributed by atoms with van der Waals surface area (Å²) in [6, 6.07) is 4.04. The zero-order chi connectivity index (χ0) is 14.5. The minimum absolute atomic E-state index is 0.599. The average Bonchev–Trinajstić information content (AvgIpc) is 3.10. The summed E-state index contributed by atoms with van der Waals surface area (Å²) in [5, 5.41) is 11.8. The first-order chi connectivity index (χ1) is 10.3. The first-order valence-electron chi connectivity index (χ1n) is 6.55. The number of hydrogen-bond acceptors (Lipinski definition) is 7. The molecule has 0 aromatic carbocycles. The summed E-state index contributed by atoms with van der Waals surface area (Å²) in [5.41, 5.74) is 2.24. The van der Waals surface area contributed by atoms with E-state index in [-0.39, 0.29) is 0 Å². The summed E-state index contributed by atoms with van der Waals surface area (Å²) < 4.78 is 5.63. The molecule has 0 aliphatic heterocycles.